The highest BCUT2D eigenvalue weighted by molar-refractivity contribution is 6.02. The number of rotatable bonds is 8. The van der Waals surface area contributed by atoms with E-state index in [1.807, 2.05) is 0 Å². The van der Waals surface area contributed by atoms with E-state index >= 15 is 0 Å². The minimum absolute atomic E-state index is 0.0259. The van der Waals surface area contributed by atoms with Gasteiger partial charge in [-0.25, -0.2) is 4.79 Å². The minimum atomic E-state index is -1.14. The van der Waals surface area contributed by atoms with Crippen LogP contribution in [0.5, 0.6) is 5.75 Å². The molecule has 0 aliphatic rings. The number of ether oxygens (including phenoxy) is 2. The first-order valence-corrected chi connectivity index (χ1v) is 7.19. The zero-order valence-corrected chi connectivity index (χ0v) is 13.4. The molecule has 1 amide bonds. The Hall–Kier alpha value is -2.08. The summed E-state index contributed by atoms with van der Waals surface area (Å²) < 4.78 is 10.4. The number of nitrogens with one attached hydrogen (secondary N) is 1. The third-order valence-corrected chi connectivity index (χ3v) is 3.15. The van der Waals surface area contributed by atoms with E-state index in [1.54, 1.807) is 13.0 Å². The van der Waals surface area contributed by atoms with Crippen molar-refractivity contribution in [3.05, 3.63) is 23.8 Å². The average Bonchev–Trinajstić information content (AvgIpc) is 2.46. The molecule has 0 aliphatic heterocycles. The summed E-state index contributed by atoms with van der Waals surface area (Å²) in [6.45, 7) is 6.27. The van der Waals surface area contributed by atoms with Crippen molar-refractivity contribution in [3.8, 4) is 5.75 Å². The lowest BCUT2D eigenvalue weighted by molar-refractivity contribution is -0.126. The van der Waals surface area contributed by atoms with Crippen LogP contribution in [-0.2, 0) is 9.53 Å². The maximum atomic E-state index is 12.1. The van der Waals surface area contributed by atoms with Gasteiger partial charge in [0.2, 0.25) is 0 Å². The minimum Gasteiger partial charge on any atom is -0.497 e. The van der Waals surface area contributed by atoms with Crippen molar-refractivity contribution in [2.24, 2.45) is 5.92 Å². The zero-order chi connectivity index (χ0) is 16.7. The highest BCUT2D eigenvalue weighted by Gasteiger charge is 2.18. The van der Waals surface area contributed by atoms with Crippen molar-refractivity contribution >= 4 is 17.6 Å². The summed E-state index contributed by atoms with van der Waals surface area (Å²) in [6, 6.07) is 4.45. The molecule has 1 rings (SSSR count). The molecule has 0 radical (unpaired) electrons. The van der Waals surface area contributed by atoms with Crippen LogP contribution >= 0.6 is 0 Å². The van der Waals surface area contributed by atoms with Crippen LogP contribution in [0, 0.1) is 5.92 Å². The average molecular weight is 309 g/mol. The molecule has 6 heteroatoms. The van der Waals surface area contributed by atoms with Crippen LogP contribution in [0.25, 0.3) is 0 Å². The lowest BCUT2D eigenvalue weighted by Crippen LogP contribution is -2.29. The second-order valence-electron chi connectivity index (χ2n) is 5.40. The number of methoxy groups -OCH3 is 1. The predicted octanol–water partition coefficient (Wildman–Crippen LogP) is 2.78. The topological polar surface area (TPSA) is 84.9 Å². The fourth-order valence-electron chi connectivity index (χ4n) is 1.73. The Morgan fingerprint density at radius 3 is 2.50 bits per heavy atom. The summed E-state index contributed by atoms with van der Waals surface area (Å²) in [5.41, 5.74) is 0.194. The number of carbonyl (C=O) groups excluding carboxylic acids is 1. The van der Waals surface area contributed by atoms with Crippen molar-refractivity contribution in [2.45, 2.75) is 33.3 Å². The van der Waals surface area contributed by atoms with Crippen molar-refractivity contribution in [2.75, 3.05) is 19.0 Å². The van der Waals surface area contributed by atoms with E-state index in [0.717, 1.165) is 6.42 Å². The van der Waals surface area contributed by atoms with Crippen molar-refractivity contribution in [1.29, 1.82) is 0 Å². The lowest BCUT2D eigenvalue weighted by atomic mass is 10.1. The molecule has 1 unspecified atom stereocenters. The molecule has 0 saturated heterocycles. The molecule has 1 aromatic carbocycles. The summed E-state index contributed by atoms with van der Waals surface area (Å²) in [4.78, 5) is 23.3. The van der Waals surface area contributed by atoms with E-state index in [9.17, 15) is 14.7 Å². The number of carbonyl (C=O) groups is 2. The van der Waals surface area contributed by atoms with Crippen LogP contribution < -0.4 is 10.1 Å². The van der Waals surface area contributed by atoms with E-state index in [0.29, 0.717) is 18.3 Å². The molecule has 0 saturated carbocycles. The zero-order valence-electron chi connectivity index (χ0n) is 13.4. The van der Waals surface area contributed by atoms with Gasteiger partial charge in [0.05, 0.1) is 18.4 Å². The summed E-state index contributed by atoms with van der Waals surface area (Å²) in [6.07, 6.45) is 0.211. The van der Waals surface area contributed by atoms with Crippen LogP contribution in [0.4, 0.5) is 5.69 Å². The van der Waals surface area contributed by atoms with Crippen LogP contribution in [0.15, 0.2) is 18.2 Å². The van der Waals surface area contributed by atoms with Gasteiger partial charge < -0.3 is 19.9 Å². The Labute approximate surface area is 130 Å². The normalized spacial score (nSPS) is 12.0. The second kappa shape index (κ2) is 8.38. The van der Waals surface area contributed by atoms with Gasteiger partial charge in [0.25, 0.3) is 5.91 Å². The highest BCUT2D eigenvalue weighted by atomic mass is 16.5. The number of anilines is 1. The number of amides is 1. The summed E-state index contributed by atoms with van der Waals surface area (Å²) in [5.74, 6) is -0.605. The SMILES string of the molecule is COc1ccc(NC(=O)C(C)OCCC(C)C)c(C(=O)O)c1. The molecule has 0 aromatic heterocycles. The van der Waals surface area contributed by atoms with Crippen LogP contribution in [0.3, 0.4) is 0 Å². The Morgan fingerprint density at radius 1 is 1.27 bits per heavy atom. The van der Waals surface area contributed by atoms with Gasteiger partial charge >= 0.3 is 5.97 Å². The molecular weight excluding hydrogens is 286 g/mol. The van der Waals surface area contributed by atoms with E-state index in [4.69, 9.17) is 9.47 Å². The third-order valence-electron chi connectivity index (χ3n) is 3.15. The first-order valence-electron chi connectivity index (χ1n) is 7.19. The number of benzene rings is 1. The third kappa shape index (κ3) is 5.37. The van der Waals surface area contributed by atoms with Gasteiger partial charge in [0, 0.05) is 6.61 Å². The Morgan fingerprint density at radius 2 is 1.95 bits per heavy atom. The number of carboxylic acid groups (broad SMARTS) is 1. The molecule has 0 bridgehead atoms. The molecular formula is C16H23NO5. The molecule has 2 N–H and O–H groups in total. The summed E-state index contributed by atoms with van der Waals surface area (Å²) in [5, 5.41) is 11.8. The van der Waals surface area contributed by atoms with E-state index < -0.39 is 12.1 Å². The lowest BCUT2D eigenvalue weighted by Gasteiger charge is -2.15. The first kappa shape index (κ1) is 18.0. The Kier molecular flexibility index (Phi) is 6.85. The van der Waals surface area contributed by atoms with E-state index in [2.05, 4.69) is 19.2 Å². The molecule has 0 fully saturated rings. The van der Waals surface area contributed by atoms with Gasteiger partial charge in [-0.3, -0.25) is 4.79 Å². The molecule has 0 spiro atoms. The predicted molar refractivity (Wildman–Crippen MR) is 83.5 cm³/mol. The number of hydrogen-bond donors (Lipinski definition) is 2. The van der Waals surface area contributed by atoms with E-state index in [-0.39, 0.29) is 17.2 Å². The largest absolute Gasteiger partial charge is 0.497 e. The molecule has 0 heterocycles. The van der Waals surface area contributed by atoms with Gasteiger partial charge in [-0.15, -0.1) is 0 Å². The second-order valence-corrected chi connectivity index (χ2v) is 5.40. The highest BCUT2D eigenvalue weighted by Crippen LogP contribution is 2.22. The van der Waals surface area contributed by atoms with Crippen molar-refractivity contribution < 1.29 is 24.2 Å². The number of hydrogen-bond acceptors (Lipinski definition) is 4. The monoisotopic (exact) mass is 309 g/mol. The van der Waals surface area contributed by atoms with Crippen molar-refractivity contribution in [1.82, 2.24) is 0 Å². The standard InChI is InChI=1S/C16H23NO5/c1-10(2)7-8-22-11(3)15(18)17-14-6-5-12(21-4)9-13(14)16(19)20/h5-6,9-11H,7-8H2,1-4H3,(H,17,18)(H,19,20). The maximum Gasteiger partial charge on any atom is 0.337 e. The van der Waals surface area contributed by atoms with Crippen molar-refractivity contribution in [3.63, 3.8) is 0 Å². The van der Waals surface area contributed by atoms with Gasteiger partial charge in [0.15, 0.2) is 0 Å². The Bertz CT molecular complexity index is 527. The first-order chi connectivity index (χ1) is 10.3. The summed E-state index contributed by atoms with van der Waals surface area (Å²) in [7, 11) is 1.45. The van der Waals surface area contributed by atoms with Crippen LogP contribution in [0.2, 0.25) is 0 Å². The summed E-state index contributed by atoms with van der Waals surface area (Å²) >= 11 is 0. The molecule has 22 heavy (non-hydrogen) atoms. The molecule has 0 aliphatic carbocycles. The van der Waals surface area contributed by atoms with Crippen LogP contribution in [0.1, 0.15) is 37.6 Å². The van der Waals surface area contributed by atoms with Gasteiger partial charge in [-0.05, 0) is 37.5 Å². The smallest absolute Gasteiger partial charge is 0.337 e. The molecule has 122 valence electrons. The maximum absolute atomic E-state index is 12.1. The van der Waals surface area contributed by atoms with Gasteiger partial charge in [0.1, 0.15) is 11.9 Å². The van der Waals surface area contributed by atoms with Gasteiger partial charge in [-0.1, -0.05) is 13.8 Å². The van der Waals surface area contributed by atoms with Crippen LogP contribution in [-0.4, -0.2) is 36.8 Å². The Balaban J connectivity index is 2.73. The molecule has 6 nitrogen and oxygen atoms in total. The number of carboxylic acids is 1. The molecule has 1 aromatic rings. The number of aromatic carboxylic acids is 1. The molecule has 1 atom stereocenters. The van der Waals surface area contributed by atoms with E-state index in [1.165, 1.54) is 19.2 Å². The quantitative estimate of drug-likeness (QED) is 0.771. The fraction of sp³-hybridized carbons (Fsp3) is 0.500. The fourth-order valence-corrected chi connectivity index (χ4v) is 1.73. The van der Waals surface area contributed by atoms with Gasteiger partial charge in [-0.2, -0.15) is 0 Å².